The number of halogens is 1. The molecule has 2 N–H and O–H groups in total. The van der Waals surface area contributed by atoms with Gasteiger partial charge in [0.2, 0.25) is 0 Å². The predicted molar refractivity (Wildman–Crippen MR) is 78.5 cm³/mol. The molecule has 0 radical (unpaired) electrons. The monoisotopic (exact) mass is 283 g/mol. The molecule has 0 unspecified atom stereocenters. The molecule has 0 amide bonds. The fourth-order valence-corrected chi connectivity index (χ4v) is 2.27. The molecular weight excluding hydrogens is 262 g/mol. The minimum absolute atomic E-state index is 0.473. The van der Waals surface area contributed by atoms with Crippen LogP contribution < -0.4 is 5.32 Å². The molecule has 0 atom stereocenters. The van der Waals surface area contributed by atoms with Crippen molar-refractivity contribution in [1.82, 2.24) is 5.32 Å². The molecule has 3 nitrogen and oxygen atoms in total. The minimum atomic E-state index is -0.730. The number of carboxylic acids is 1. The number of carbonyl (C=O) groups is 1. The van der Waals surface area contributed by atoms with Gasteiger partial charge in [0.25, 0.3) is 0 Å². The van der Waals surface area contributed by atoms with Crippen LogP contribution in [0.5, 0.6) is 0 Å². The Labute approximate surface area is 120 Å². The van der Waals surface area contributed by atoms with E-state index in [9.17, 15) is 9.90 Å². The Hall–Kier alpha value is -1.06. The third-order valence-electron chi connectivity index (χ3n) is 3.84. The molecule has 106 valence electrons. The highest BCUT2D eigenvalue weighted by Crippen LogP contribution is 2.26. The van der Waals surface area contributed by atoms with Gasteiger partial charge in [-0.3, -0.25) is 4.79 Å². The molecule has 0 aliphatic carbocycles. The highest BCUT2D eigenvalue weighted by Gasteiger charge is 2.34. The Bertz CT molecular complexity index is 442. The zero-order valence-electron chi connectivity index (χ0n) is 11.8. The molecule has 0 bridgehead atoms. The summed E-state index contributed by atoms with van der Waals surface area (Å²) >= 11 is 6.07. The molecule has 4 heteroatoms. The SMILES string of the molecule is CCC(CC)(CNCc1ccc(C)c(Cl)c1)C(=O)O. The fraction of sp³-hybridized carbons (Fsp3) is 0.533. The molecule has 0 aliphatic heterocycles. The summed E-state index contributed by atoms with van der Waals surface area (Å²) in [6.07, 6.45) is 1.25. The number of hydrogen-bond acceptors (Lipinski definition) is 2. The van der Waals surface area contributed by atoms with Gasteiger partial charge in [-0.1, -0.05) is 37.6 Å². The van der Waals surface area contributed by atoms with Crippen LogP contribution in [-0.2, 0) is 11.3 Å². The molecule has 1 aromatic carbocycles. The highest BCUT2D eigenvalue weighted by molar-refractivity contribution is 6.31. The number of hydrogen-bond donors (Lipinski definition) is 2. The van der Waals surface area contributed by atoms with Gasteiger partial charge in [-0.2, -0.15) is 0 Å². The summed E-state index contributed by atoms with van der Waals surface area (Å²) in [7, 11) is 0. The predicted octanol–water partition coefficient (Wildman–Crippen LogP) is 3.63. The Morgan fingerprint density at radius 3 is 2.47 bits per heavy atom. The zero-order chi connectivity index (χ0) is 14.5. The number of aryl methyl sites for hydroxylation is 1. The molecule has 1 aromatic rings. The zero-order valence-corrected chi connectivity index (χ0v) is 12.5. The second-order valence-electron chi connectivity index (χ2n) is 4.98. The Kier molecular flexibility index (Phi) is 5.83. The summed E-state index contributed by atoms with van der Waals surface area (Å²) in [5, 5.41) is 13.3. The van der Waals surface area contributed by atoms with Gasteiger partial charge in [-0.15, -0.1) is 0 Å². The molecule has 0 aliphatic rings. The largest absolute Gasteiger partial charge is 0.481 e. The summed E-state index contributed by atoms with van der Waals surface area (Å²) in [6.45, 7) is 6.91. The van der Waals surface area contributed by atoms with Gasteiger partial charge in [-0.25, -0.2) is 0 Å². The molecule has 1 rings (SSSR count). The molecular formula is C15H22ClNO2. The average molecular weight is 284 g/mol. The first-order chi connectivity index (χ1) is 8.95. The average Bonchev–Trinajstić information content (AvgIpc) is 2.39. The third-order valence-corrected chi connectivity index (χ3v) is 4.24. The maximum atomic E-state index is 11.4. The maximum absolute atomic E-state index is 11.4. The van der Waals surface area contributed by atoms with Crippen molar-refractivity contribution < 1.29 is 9.90 Å². The number of carboxylic acid groups (broad SMARTS) is 1. The van der Waals surface area contributed by atoms with Crippen LogP contribution in [0.25, 0.3) is 0 Å². The number of rotatable bonds is 7. The van der Waals surface area contributed by atoms with E-state index in [4.69, 9.17) is 11.6 Å². The van der Waals surface area contributed by atoms with Crippen LogP contribution in [0.2, 0.25) is 5.02 Å². The lowest BCUT2D eigenvalue weighted by molar-refractivity contribution is -0.149. The van der Waals surface area contributed by atoms with Crippen molar-refractivity contribution >= 4 is 17.6 Å². The number of nitrogens with one attached hydrogen (secondary N) is 1. The van der Waals surface area contributed by atoms with E-state index in [0.29, 0.717) is 25.9 Å². The Balaban J connectivity index is 2.61. The van der Waals surface area contributed by atoms with Crippen LogP contribution in [0.15, 0.2) is 18.2 Å². The third kappa shape index (κ3) is 3.95. The number of benzene rings is 1. The molecule has 0 fully saturated rings. The summed E-state index contributed by atoms with van der Waals surface area (Å²) < 4.78 is 0. The first-order valence-corrected chi connectivity index (χ1v) is 7.02. The lowest BCUT2D eigenvalue weighted by atomic mass is 9.82. The van der Waals surface area contributed by atoms with Crippen LogP contribution in [0.3, 0.4) is 0 Å². The van der Waals surface area contributed by atoms with Gasteiger partial charge >= 0.3 is 5.97 Å². The number of aliphatic carboxylic acids is 1. The highest BCUT2D eigenvalue weighted by atomic mass is 35.5. The van der Waals surface area contributed by atoms with E-state index >= 15 is 0 Å². The standard InChI is InChI=1S/C15H22ClNO2/c1-4-15(5-2,14(18)19)10-17-9-12-7-6-11(3)13(16)8-12/h6-8,17H,4-5,9-10H2,1-3H3,(H,18,19). The van der Waals surface area contributed by atoms with Gasteiger partial charge in [0.05, 0.1) is 5.41 Å². The van der Waals surface area contributed by atoms with Gasteiger partial charge < -0.3 is 10.4 Å². The summed E-state index contributed by atoms with van der Waals surface area (Å²) in [6, 6.07) is 5.90. The smallest absolute Gasteiger partial charge is 0.310 e. The minimum Gasteiger partial charge on any atom is -0.481 e. The van der Waals surface area contributed by atoms with Crippen LogP contribution in [-0.4, -0.2) is 17.6 Å². The van der Waals surface area contributed by atoms with Crippen LogP contribution in [0, 0.1) is 12.3 Å². The topological polar surface area (TPSA) is 49.3 Å². The van der Waals surface area contributed by atoms with Gasteiger partial charge in [0.1, 0.15) is 0 Å². The van der Waals surface area contributed by atoms with E-state index in [1.807, 2.05) is 39.0 Å². The first-order valence-electron chi connectivity index (χ1n) is 6.64. The lowest BCUT2D eigenvalue weighted by Crippen LogP contribution is -2.40. The van der Waals surface area contributed by atoms with Gasteiger partial charge in [0, 0.05) is 18.1 Å². The molecule has 0 saturated heterocycles. The fourth-order valence-electron chi connectivity index (χ4n) is 2.07. The van der Waals surface area contributed by atoms with E-state index in [1.54, 1.807) is 0 Å². The van der Waals surface area contributed by atoms with Crippen molar-refractivity contribution in [3.8, 4) is 0 Å². The van der Waals surface area contributed by atoms with Gasteiger partial charge in [-0.05, 0) is 37.0 Å². The van der Waals surface area contributed by atoms with E-state index < -0.39 is 11.4 Å². The molecule has 0 aromatic heterocycles. The van der Waals surface area contributed by atoms with Crippen molar-refractivity contribution in [2.24, 2.45) is 5.41 Å². The maximum Gasteiger partial charge on any atom is 0.310 e. The normalized spacial score (nSPS) is 11.6. The molecule has 0 saturated carbocycles. The van der Waals surface area contributed by atoms with Gasteiger partial charge in [0.15, 0.2) is 0 Å². The van der Waals surface area contributed by atoms with Crippen LogP contribution in [0.4, 0.5) is 0 Å². The lowest BCUT2D eigenvalue weighted by Gasteiger charge is -2.27. The summed E-state index contributed by atoms with van der Waals surface area (Å²) in [5.74, 6) is -0.730. The quantitative estimate of drug-likeness (QED) is 0.803. The van der Waals surface area contributed by atoms with Crippen LogP contribution >= 0.6 is 11.6 Å². The van der Waals surface area contributed by atoms with E-state index in [1.165, 1.54) is 0 Å². The van der Waals surface area contributed by atoms with Crippen LogP contribution in [0.1, 0.15) is 37.8 Å². The van der Waals surface area contributed by atoms with Crippen molar-refractivity contribution in [3.05, 3.63) is 34.3 Å². The van der Waals surface area contributed by atoms with Crippen molar-refractivity contribution in [2.45, 2.75) is 40.2 Å². The van der Waals surface area contributed by atoms with E-state index in [2.05, 4.69) is 5.32 Å². The molecule has 0 heterocycles. The summed E-state index contributed by atoms with van der Waals surface area (Å²) in [4.78, 5) is 11.4. The van der Waals surface area contributed by atoms with E-state index in [-0.39, 0.29) is 0 Å². The second-order valence-corrected chi connectivity index (χ2v) is 5.39. The Morgan fingerprint density at radius 1 is 1.37 bits per heavy atom. The molecule has 0 spiro atoms. The summed E-state index contributed by atoms with van der Waals surface area (Å²) in [5.41, 5.74) is 1.45. The van der Waals surface area contributed by atoms with Crippen molar-refractivity contribution in [3.63, 3.8) is 0 Å². The first kappa shape index (κ1) is 16.0. The van der Waals surface area contributed by atoms with E-state index in [0.717, 1.165) is 16.1 Å². The van der Waals surface area contributed by atoms with Crippen molar-refractivity contribution in [2.75, 3.05) is 6.54 Å². The van der Waals surface area contributed by atoms with Crippen molar-refractivity contribution in [1.29, 1.82) is 0 Å². The second kappa shape index (κ2) is 6.92. The Morgan fingerprint density at radius 2 is 2.00 bits per heavy atom. The molecule has 19 heavy (non-hydrogen) atoms.